The number of rotatable bonds is 10. The molecule has 2 nitrogen and oxygen atoms in total. The Bertz CT molecular complexity index is 149. The van der Waals surface area contributed by atoms with Gasteiger partial charge in [0, 0.05) is 11.8 Å². The van der Waals surface area contributed by atoms with Crippen LogP contribution in [0.2, 0.25) is 0 Å². The molecule has 0 atom stereocenters. The minimum atomic E-state index is -0.0241. The molecule has 0 aromatic carbocycles. The van der Waals surface area contributed by atoms with Crippen molar-refractivity contribution in [3.63, 3.8) is 0 Å². The zero-order valence-corrected chi connectivity index (χ0v) is 11.4. The molecule has 0 spiro atoms. The van der Waals surface area contributed by atoms with Crippen LogP contribution in [-0.4, -0.2) is 17.9 Å². The Balaban J connectivity index is 3.10. The Labute approximate surface area is 102 Å². The van der Waals surface area contributed by atoms with Crippen molar-refractivity contribution in [2.45, 2.75) is 58.3 Å². The van der Waals surface area contributed by atoms with Gasteiger partial charge < -0.3 is 4.74 Å². The number of hydrogen-bond acceptors (Lipinski definition) is 2. The largest absolute Gasteiger partial charge is 0.466 e. The van der Waals surface area contributed by atoms with Gasteiger partial charge >= 0.3 is 5.97 Å². The van der Waals surface area contributed by atoms with E-state index in [1.807, 2.05) is 0 Å². The summed E-state index contributed by atoms with van der Waals surface area (Å²) in [5.41, 5.74) is 0. The van der Waals surface area contributed by atoms with Gasteiger partial charge in [-0.1, -0.05) is 48.5 Å². The Morgan fingerprint density at radius 3 is 2.40 bits per heavy atom. The Hall–Kier alpha value is -0.0500. The third-order valence-corrected chi connectivity index (χ3v) is 2.84. The van der Waals surface area contributed by atoms with Crippen molar-refractivity contribution in [3.05, 3.63) is 0 Å². The molecule has 3 heteroatoms. The van der Waals surface area contributed by atoms with E-state index >= 15 is 0 Å². The second-order valence-electron chi connectivity index (χ2n) is 3.78. The van der Waals surface area contributed by atoms with Crippen LogP contribution in [0.1, 0.15) is 58.3 Å². The zero-order valence-electron chi connectivity index (χ0n) is 9.77. The van der Waals surface area contributed by atoms with E-state index in [0.29, 0.717) is 13.0 Å². The van der Waals surface area contributed by atoms with Crippen molar-refractivity contribution >= 4 is 21.9 Å². The summed E-state index contributed by atoms with van der Waals surface area (Å²) in [4.78, 5) is 11.2. The van der Waals surface area contributed by atoms with Crippen LogP contribution in [0.4, 0.5) is 0 Å². The van der Waals surface area contributed by atoms with Gasteiger partial charge in [-0.2, -0.15) is 0 Å². The summed E-state index contributed by atoms with van der Waals surface area (Å²) in [6, 6.07) is 0. The highest BCUT2D eigenvalue weighted by Crippen LogP contribution is 2.07. The summed E-state index contributed by atoms with van der Waals surface area (Å²) in [6.45, 7) is 2.69. The minimum Gasteiger partial charge on any atom is -0.466 e. The van der Waals surface area contributed by atoms with Gasteiger partial charge in [-0.05, 0) is 19.3 Å². The van der Waals surface area contributed by atoms with Gasteiger partial charge in [0.05, 0.1) is 6.61 Å². The summed E-state index contributed by atoms with van der Waals surface area (Å²) in [5, 5.41) is 1.09. The molecular weight excluding hydrogens is 256 g/mol. The van der Waals surface area contributed by atoms with E-state index in [-0.39, 0.29) is 5.97 Å². The lowest BCUT2D eigenvalue weighted by atomic mass is 10.1. The maximum absolute atomic E-state index is 11.2. The van der Waals surface area contributed by atoms with Gasteiger partial charge in [0.15, 0.2) is 0 Å². The van der Waals surface area contributed by atoms with Gasteiger partial charge in [-0.3, -0.25) is 4.79 Å². The van der Waals surface area contributed by atoms with Crippen molar-refractivity contribution in [2.24, 2.45) is 0 Å². The van der Waals surface area contributed by atoms with Crippen molar-refractivity contribution in [3.8, 4) is 0 Å². The standard InChI is InChI=1S/C12H23BrO2/c1-2-3-11-15-12(14)9-7-5-4-6-8-10-13/h2-11H2,1H3. The number of ether oxygens (including phenoxy) is 1. The van der Waals surface area contributed by atoms with Crippen LogP contribution in [0.3, 0.4) is 0 Å². The summed E-state index contributed by atoms with van der Waals surface area (Å²) in [7, 11) is 0. The number of unbranched alkanes of at least 4 members (excludes halogenated alkanes) is 5. The molecule has 0 aliphatic heterocycles. The van der Waals surface area contributed by atoms with E-state index in [4.69, 9.17) is 4.74 Å². The number of hydrogen-bond donors (Lipinski definition) is 0. The molecule has 0 saturated heterocycles. The fourth-order valence-electron chi connectivity index (χ4n) is 1.30. The van der Waals surface area contributed by atoms with Crippen molar-refractivity contribution in [1.82, 2.24) is 0 Å². The number of halogens is 1. The SMILES string of the molecule is CCCCOC(=O)CCCCCCCBr. The molecule has 0 saturated carbocycles. The fraction of sp³-hybridized carbons (Fsp3) is 0.917. The van der Waals surface area contributed by atoms with E-state index in [2.05, 4.69) is 22.9 Å². The minimum absolute atomic E-state index is 0.0241. The first-order chi connectivity index (χ1) is 7.31. The van der Waals surface area contributed by atoms with E-state index in [9.17, 15) is 4.79 Å². The van der Waals surface area contributed by atoms with Crippen LogP contribution < -0.4 is 0 Å². The van der Waals surface area contributed by atoms with E-state index in [0.717, 1.165) is 31.0 Å². The molecule has 0 aromatic rings. The van der Waals surface area contributed by atoms with Crippen molar-refractivity contribution in [1.29, 1.82) is 0 Å². The van der Waals surface area contributed by atoms with Crippen LogP contribution in [0.15, 0.2) is 0 Å². The van der Waals surface area contributed by atoms with Crippen LogP contribution in [-0.2, 0) is 9.53 Å². The molecule has 90 valence electrons. The highest BCUT2D eigenvalue weighted by molar-refractivity contribution is 9.09. The lowest BCUT2D eigenvalue weighted by molar-refractivity contribution is -0.143. The fourth-order valence-corrected chi connectivity index (χ4v) is 1.69. The Morgan fingerprint density at radius 2 is 1.73 bits per heavy atom. The van der Waals surface area contributed by atoms with E-state index < -0.39 is 0 Å². The smallest absolute Gasteiger partial charge is 0.305 e. The topological polar surface area (TPSA) is 26.3 Å². The van der Waals surface area contributed by atoms with Gasteiger partial charge in [0.2, 0.25) is 0 Å². The molecule has 0 bridgehead atoms. The normalized spacial score (nSPS) is 10.3. The quantitative estimate of drug-likeness (QED) is 0.342. The highest BCUT2D eigenvalue weighted by Gasteiger charge is 2.01. The number of esters is 1. The molecule has 0 rings (SSSR count). The molecule has 0 heterocycles. The predicted octanol–water partition coefficient (Wildman–Crippen LogP) is 4.07. The molecule has 0 unspecified atom stereocenters. The molecule has 0 aliphatic rings. The molecule has 0 aliphatic carbocycles. The number of carbonyl (C=O) groups is 1. The van der Waals surface area contributed by atoms with Gasteiger partial charge in [-0.15, -0.1) is 0 Å². The maximum atomic E-state index is 11.2. The lowest BCUT2D eigenvalue weighted by Gasteiger charge is -2.03. The third-order valence-electron chi connectivity index (χ3n) is 2.28. The van der Waals surface area contributed by atoms with Gasteiger partial charge in [-0.25, -0.2) is 0 Å². The van der Waals surface area contributed by atoms with E-state index in [1.165, 1.54) is 19.3 Å². The zero-order chi connectivity index (χ0) is 11.4. The summed E-state index contributed by atoms with van der Waals surface area (Å²) < 4.78 is 5.06. The molecule has 0 N–H and O–H groups in total. The third kappa shape index (κ3) is 11.9. The van der Waals surface area contributed by atoms with Crippen molar-refractivity contribution < 1.29 is 9.53 Å². The number of carbonyl (C=O) groups excluding carboxylic acids is 1. The summed E-state index contributed by atoms with van der Waals surface area (Å²) >= 11 is 3.40. The second kappa shape index (κ2) is 12.0. The monoisotopic (exact) mass is 278 g/mol. The Kier molecular flexibility index (Phi) is 12.0. The molecule has 0 radical (unpaired) electrons. The summed E-state index contributed by atoms with van der Waals surface area (Å²) in [5.74, 6) is -0.0241. The molecule has 0 aromatic heterocycles. The maximum Gasteiger partial charge on any atom is 0.305 e. The molecule has 0 fully saturated rings. The number of alkyl halides is 1. The second-order valence-corrected chi connectivity index (χ2v) is 4.57. The molecule has 0 amide bonds. The predicted molar refractivity (Wildman–Crippen MR) is 67.4 cm³/mol. The van der Waals surface area contributed by atoms with Crippen LogP contribution in [0, 0.1) is 0 Å². The highest BCUT2D eigenvalue weighted by atomic mass is 79.9. The first-order valence-corrected chi connectivity index (χ1v) is 7.15. The molecule has 15 heavy (non-hydrogen) atoms. The van der Waals surface area contributed by atoms with Crippen LogP contribution in [0.5, 0.6) is 0 Å². The first kappa shape index (κ1) is 14.9. The lowest BCUT2D eigenvalue weighted by Crippen LogP contribution is -2.05. The first-order valence-electron chi connectivity index (χ1n) is 6.02. The van der Waals surface area contributed by atoms with Crippen LogP contribution in [0.25, 0.3) is 0 Å². The average Bonchev–Trinajstić information content (AvgIpc) is 2.23. The van der Waals surface area contributed by atoms with E-state index in [1.54, 1.807) is 0 Å². The Morgan fingerprint density at radius 1 is 1.07 bits per heavy atom. The summed E-state index contributed by atoms with van der Waals surface area (Å²) in [6.07, 6.45) is 8.52. The molecular formula is C12H23BrO2. The van der Waals surface area contributed by atoms with Crippen LogP contribution >= 0.6 is 15.9 Å². The van der Waals surface area contributed by atoms with Crippen molar-refractivity contribution in [2.75, 3.05) is 11.9 Å². The average molecular weight is 279 g/mol. The van der Waals surface area contributed by atoms with Gasteiger partial charge in [0.1, 0.15) is 0 Å². The van der Waals surface area contributed by atoms with Gasteiger partial charge in [0.25, 0.3) is 0 Å².